The molecule has 9 nitrogen and oxygen atoms in total. The maximum atomic E-state index is 12.5. The van der Waals surface area contributed by atoms with E-state index in [4.69, 9.17) is 16.3 Å². The number of aryl methyl sites for hydroxylation is 1. The highest BCUT2D eigenvalue weighted by Gasteiger charge is 2.12. The Balaban J connectivity index is 1.40. The minimum absolute atomic E-state index is 0.172. The predicted molar refractivity (Wildman–Crippen MR) is 124 cm³/mol. The molecule has 0 fully saturated rings. The molecule has 2 aromatic heterocycles. The van der Waals surface area contributed by atoms with Crippen LogP contribution >= 0.6 is 23.1 Å². The SMILES string of the molecule is Cc1nsc2[nH]c(=O)n(/N=C/c3ccc(OCC(=O)Nc4ccc(Cl)cc4)cc3)c(=O)c12. The van der Waals surface area contributed by atoms with E-state index in [9.17, 15) is 14.4 Å². The van der Waals surface area contributed by atoms with E-state index >= 15 is 0 Å². The van der Waals surface area contributed by atoms with Gasteiger partial charge in [-0.15, -0.1) is 4.68 Å². The van der Waals surface area contributed by atoms with E-state index < -0.39 is 11.2 Å². The molecule has 1 amide bonds. The Kier molecular flexibility index (Phi) is 6.15. The van der Waals surface area contributed by atoms with Crippen molar-refractivity contribution in [2.75, 3.05) is 11.9 Å². The van der Waals surface area contributed by atoms with Crippen LogP contribution in [-0.4, -0.2) is 32.8 Å². The van der Waals surface area contributed by atoms with E-state index in [-0.39, 0.29) is 12.5 Å². The Morgan fingerprint density at radius 2 is 1.94 bits per heavy atom. The zero-order valence-corrected chi connectivity index (χ0v) is 18.2. The van der Waals surface area contributed by atoms with Crippen LogP contribution in [0, 0.1) is 6.92 Å². The van der Waals surface area contributed by atoms with Gasteiger partial charge < -0.3 is 10.1 Å². The topological polar surface area (TPSA) is 118 Å². The lowest BCUT2D eigenvalue weighted by Crippen LogP contribution is -2.32. The molecule has 0 saturated heterocycles. The molecule has 32 heavy (non-hydrogen) atoms. The second-order valence-electron chi connectivity index (χ2n) is 6.68. The zero-order valence-electron chi connectivity index (χ0n) is 16.7. The average molecular weight is 470 g/mol. The van der Waals surface area contributed by atoms with Gasteiger partial charge in [-0.1, -0.05) is 11.6 Å². The average Bonchev–Trinajstić information content (AvgIpc) is 3.15. The molecule has 2 aromatic carbocycles. The number of carbonyl (C=O) groups is 1. The summed E-state index contributed by atoms with van der Waals surface area (Å²) >= 11 is 6.87. The second kappa shape index (κ2) is 9.16. The van der Waals surface area contributed by atoms with Gasteiger partial charge in [-0.2, -0.15) is 9.47 Å². The van der Waals surface area contributed by atoms with Gasteiger partial charge in [0.1, 0.15) is 10.6 Å². The van der Waals surface area contributed by atoms with Crippen LogP contribution in [0.4, 0.5) is 5.69 Å². The summed E-state index contributed by atoms with van der Waals surface area (Å²) in [6.45, 7) is 1.52. The molecule has 0 bridgehead atoms. The second-order valence-corrected chi connectivity index (χ2v) is 7.89. The fourth-order valence-corrected chi connectivity index (χ4v) is 3.72. The molecule has 0 unspecified atom stereocenters. The Labute approximate surface area is 190 Å². The van der Waals surface area contributed by atoms with Crippen molar-refractivity contribution in [3.63, 3.8) is 0 Å². The van der Waals surface area contributed by atoms with E-state index in [0.29, 0.717) is 37.9 Å². The third-order valence-electron chi connectivity index (χ3n) is 4.38. The summed E-state index contributed by atoms with van der Waals surface area (Å²) in [7, 11) is 0. The predicted octanol–water partition coefficient (Wildman–Crippen LogP) is 3.01. The summed E-state index contributed by atoms with van der Waals surface area (Å²) in [5.41, 5.74) is 0.615. The first kappa shape index (κ1) is 21.5. The summed E-state index contributed by atoms with van der Waals surface area (Å²) in [4.78, 5) is 39.7. The van der Waals surface area contributed by atoms with Crippen molar-refractivity contribution in [1.29, 1.82) is 0 Å². The quantitative estimate of drug-likeness (QED) is 0.421. The standard InChI is InChI=1S/C21H16ClN5O4S/c1-12-18-19(32-26-12)25-21(30)27(20(18)29)23-10-13-2-8-16(9-3-13)31-11-17(28)24-15-6-4-14(22)5-7-15/h2-10H,11H2,1H3,(H,24,28)(H,25,30)/b23-10+. The first-order chi connectivity index (χ1) is 15.4. The number of amides is 1. The molecule has 2 N–H and O–H groups in total. The smallest absolute Gasteiger partial charge is 0.350 e. The Hall–Kier alpha value is -3.76. The number of hydrogen-bond acceptors (Lipinski definition) is 7. The molecule has 11 heteroatoms. The number of rotatable bonds is 6. The number of H-pyrrole nitrogens is 1. The number of benzene rings is 2. The summed E-state index contributed by atoms with van der Waals surface area (Å²) in [6.07, 6.45) is 1.38. The van der Waals surface area contributed by atoms with Gasteiger partial charge in [0.05, 0.1) is 17.3 Å². The Morgan fingerprint density at radius 3 is 2.66 bits per heavy atom. The van der Waals surface area contributed by atoms with Gasteiger partial charge in [-0.25, -0.2) is 4.79 Å². The molecule has 4 aromatic rings. The minimum Gasteiger partial charge on any atom is -0.484 e. The van der Waals surface area contributed by atoms with Crippen molar-refractivity contribution in [2.45, 2.75) is 6.92 Å². The fraction of sp³-hybridized carbons (Fsp3) is 0.0952. The van der Waals surface area contributed by atoms with Gasteiger partial charge in [0, 0.05) is 10.7 Å². The maximum absolute atomic E-state index is 12.5. The molecule has 0 aliphatic carbocycles. The molecule has 0 aliphatic rings. The van der Waals surface area contributed by atoms with Gasteiger partial charge in [-0.3, -0.25) is 14.6 Å². The highest BCUT2D eigenvalue weighted by Crippen LogP contribution is 2.15. The van der Waals surface area contributed by atoms with Crippen LogP contribution in [0.2, 0.25) is 5.02 Å². The summed E-state index contributed by atoms with van der Waals surface area (Å²) in [5, 5.41) is 7.62. The number of fused-ring (bicyclic) bond motifs is 1. The van der Waals surface area contributed by atoms with Crippen molar-refractivity contribution < 1.29 is 9.53 Å². The molecule has 162 valence electrons. The van der Waals surface area contributed by atoms with Crippen molar-refractivity contribution >= 4 is 51.2 Å². The summed E-state index contributed by atoms with van der Waals surface area (Å²) < 4.78 is 10.3. The number of nitrogens with zero attached hydrogens (tertiary/aromatic N) is 3. The van der Waals surface area contributed by atoms with Crippen molar-refractivity contribution in [2.24, 2.45) is 5.10 Å². The van der Waals surface area contributed by atoms with Crippen LogP contribution in [0.15, 0.2) is 63.2 Å². The molecular formula is C21H16ClN5O4S. The van der Waals surface area contributed by atoms with Crippen LogP contribution in [-0.2, 0) is 4.79 Å². The lowest BCUT2D eigenvalue weighted by Gasteiger charge is -2.08. The van der Waals surface area contributed by atoms with Crippen LogP contribution < -0.4 is 21.3 Å². The largest absolute Gasteiger partial charge is 0.484 e. The number of hydrogen-bond donors (Lipinski definition) is 2. The monoisotopic (exact) mass is 469 g/mol. The van der Waals surface area contributed by atoms with Crippen molar-refractivity contribution in [1.82, 2.24) is 14.0 Å². The fourth-order valence-electron chi connectivity index (χ4n) is 2.81. The summed E-state index contributed by atoms with van der Waals surface area (Å²) in [5.74, 6) is 0.162. The molecular weight excluding hydrogens is 454 g/mol. The van der Waals surface area contributed by atoms with E-state index in [0.717, 1.165) is 16.2 Å². The zero-order chi connectivity index (χ0) is 22.7. The van der Waals surface area contributed by atoms with Crippen LogP contribution in [0.25, 0.3) is 10.2 Å². The maximum Gasteiger partial charge on any atom is 0.350 e. The lowest BCUT2D eigenvalue weighted by atomic mass is 10.2. The van der Waals surface area contributed by atoms with Gasteiger partial charge in [0.2, 0.25) is 0 Å². The number of carbonyl (C=O) groups excluding carboxylic acids is 1. The first-order valence-corrected chi connectivity index (χ1v) is 10.5. The number of aromatic amines is 1. The number of halogens is 1. The Morgan fingerprint density at radius 1 is 1.22 bits per heavy atom. The van der Waals surface area contributed by atoms with E-state index in [2.05, 4.69) is 19.8 Å². The van der Waals surface area contributed by atoms with Gasteiger partial charge in [-0.05, 0) is 72.6 Å². The first-order valence-electron chi connectivity index (χ1n) is 9.34. The number of anilines is 1. The minimum atomic E-state index is -0.644. The molecule has 0 saturated carbocycles. The normalized spacial score (nSPS) is 11.2. The molecule has 4 rings (SSSR count). The molecule has 0 atom stereocenters. The third-order valence-corrected chi connectivity index (χ3v) is 5.49. The van der Waals surface area contributed by atoms with E-state index in [1.54, 1.807) is 55.5 Å². The summed E-state index contributed by atoms with van der Waals surface area (Å²) in [6, 6.07) is 13.4. The molecule has 0 aliphatic heterocycles. The van der Waals surface area contributed by atoms with Crippen LogP contribution in [0.3, 0.4) is 0 Å². The Bertz CT molecular complexity index is 1420. The third kappa shape index (κ3) is 4.76. The lowest BCUT2D eigenvalue weighted by molar-refractivity contribution is -0.118. The van der Waals surface area contributed by atoms with Gasteiger partial charge in [0.25, 0.3) is 11.5 Å². The highest BCUT2D eigenvalue weighted by atomic mass is 35.5. The number of aromatic nitrogens is 3. The van der Waals surface area contributed by atoms with E-state index in [1.165, 1.54) is 6.21 Å². The van der Waals surface area contributed by atoms with Gasteiger partial charge in [0.15, 0.2) is 6.61 Å². The van der Waals surface area contributed by atoms with Crippen molar-refractivity contribution in [3.05, 3.63) is 85.6 Å². The molecule has 0 spiro atoms. The van der Waals surface area contributed by atoms with Gasteiger partial charge >= 0.3 is 5.69 Å². The molecule has 2 heterocycles. The molecule has 0 radical (unpaired) electrons. The van der Waals surface area contributed by atoms with E-state index in [1.807, 2.05) is 0 Å². The highest BCUT2D eigenvalue weighted by molar-refractivity contribution is 7.12. The van der Waals surface area contributed by atoms with Crippen LogP contribution in [0.1, 0.15) is 11.3 Å². The van der Waals surface area contributed by atoms with Crippen molar-refractivity contribution in [3.8, 4) is 5.75 Å². The van der Waals surface area contributed by atoms with Crippen LogP contribution in [0.5, 0.6) is 5.75 Å². The number of ether oxygens (including phenoxy) is 1. The number of nitrogens with one attached hydrogen (secondary N) is 2.